The van der Waals surface area contributed by atoms with E-state index in [9.17, 15) is 35.4 Å². The van der Waals surface area contributed by atoms with Crippen LogP contribution in [-0.2, 0) is 11.2 Å². The Labute approximate surface area is 139 Å². The van der Waals surface area contributed by atoms with Crippen LogP contribution in [0.4, 0.5) is 0 Å². The average molecular weight is 335 g/mol. The fourth-order valence-corrected chi connectivity index (χ4v) is 2.15. The lowest BCUT2D eigenvalue weighted by atomic mass is 9.88. The van der Waals surface area contributed by atoms with Crippen molar-refractivity contribution in [2.24, 2.45) is 0 Å². The van der Waals surface area contributed by atoms with Gasteiger partial charge in [0.05, 0.1) is 11.3 Å². The molecule has 7 N–H and O–H groups in total. The van der Waals surface area contributed by atoms with Crippen molar-refractivity contribution in [1.82, 2.24) is 5.32 Å². The summed E-state index contributed by atoms with van der Waals surface area (Å²) in [4.78, 5) is 10.6. The zero-order chi connectivity index (χ0) is 18.6. The summed E-state index contributed by atoms with van der Waals surface area (Å²) in [5.41, 5.74) is -1.15. The van der Waals surface area contributed by atoms with Crippen molar-refractivity contribution >= 4 is 19.8 Å². The number of phenolic OH excluding ortho intramolecular Hbond substituents is 4. The summed E-state index contributed by atoms with van der Waals surface area (Å²) in [5.74, 6) is -5.13. The molecule has 1 rings (SSSR count). The lowest BCUT2D eigenvalue weighted by molar-refractivity contribution is -0.107. The van der Waals surface area contributed by atoms with Gasteiger partial charge in [-0.25, -0.2) is 0 Å². The van der Waals surface area contributed by atoms with Gasteiger partial charge in [-0.3, -0.25) is 4.79 Å². The molecule has 0 saturated heterocycles. The van der Waals surface area contributed by atoms with Crippen LogP contribution < -0.4 is 5.32 Å². The Bertz CT molecular complexity index is 725. The van der Waals surface area contributed by atoms with E-state index in [1.807, 2.05) is 0 Å². The van der Waals surface area contributed by atoms with Crippen molar-refractivity contribution in [2.75, 3.05) is 6.54 Å². The number of aliphatic hydroxyl groups excluding tert-OH is 2. The molecule has 0 aliphatic heterocycles. The number of benzene rings is 1. The smallest absolute Gasteiger partial charge is 0.205 e. The molecule has 0 fully saturated rings. The molecule has 0 spiro atoms. The summed E-state index contributed by atoms with van der Waals surface area (Å²) >= 11 is 0. The van der Waals surface area contributed by atoms with Crippen LogP contribution in [-0.4, -0.2) is 51.3 Å². The van der Waals surface area contributed by atoms with Gasteiger partial charge in [-0.1, -0.05) is 6.92 Å². The van der Waals surface area contributed by atoms with Crippen LogP contribution in [0.15, 0.2) is 17.0 Å². The van der Waals surface area contributed by atoms with Gasteiger partial charge < -0.3 is 36.0 Å². The molecule has 9 heteroatoms. The molecular formula is C15H18BNO7. The van der Waals surface area contributed by atoms with Crippen LogP contribution in [0, 0.1) is 0 Å². The molecule has 0 bridgehead atoms. The summed E-state index contributed by atoms with van der Waals surface area (Å²) in [6.07, 6.45) is 0.121. The van der Waals surface area contributed by atoms with E-state index >= 15 is 0 Å². The summed E-state index contributed by atoms with van der Waals surface area (Å²) in [5, 5.41) is 61.8. The number of hydrogen-bond acceptors (Lipinski definition) is 8. The number of aromatic hydroxyl groups is 4. The zero-order valence-corrected chi connectivity index (χ0v) is 13.2. The molecule has 0 aromatic heterocycles. The summed E-state index contributed by atoms with van der Waals surface area (Å²) in [7, 11) is 5.48. The highest BCUT2D eigenvalue weighted by Crippen LogP contribution is 2.49. The fraction of sp³-hybridized carbons (Fsp3) is 0.267. The van der Waals surface area contributed by atoms with Gasteiger partial charge >= 0.3 is 0 Å². The van der Waals surface area contributed by atoms with Gasteiger partial charge in [-0.2, -0.15) is 0 Å². The number of carbonyl (C=O) groups is 1. The van der Waals surface area contributed by atoms with E-state index in [4.69, 9.17) is 7.85 Å². The second-order valence-corrected chi connectivity index (χ2v) is 4.77. The molecule has 0 saturated carbocycles. The monoisotopic (exact) mass is 335 g/mol. The Kier molecular flexibility index (Phi) is 5.99. The van der Waals surface area contributed by atoms with Crippen molar-refractivity contribution in [3.8, 4) is 23.0 Å². The fourth-order valence-electron chi connectivity index (χ4n) is 2.15. The van der Waals surface area contributed by atoms with Gasteiger partial charge in [-0.05, 0) is 18.8 Å². The first-order valence-electron chi connectivity index (χ1n) is 7.03. The summed E-state index contributed by atoms with van der Waals surface area (Å²) in [6, 6.07) is 0. The van der Waals surface area contributed by atoms with Crippen LogP contribution >= 0.6 is 0 Å². The third-order valence-electron chi connectivity index (χ3n) is 3.33. The topological polar surface area (TPSA) is 150 Å². The SMILES string of the molecule is [B]C(=C(O)C=O)C(O)=C(NCC)c1c(O)c(O)c(O)c(O)c1CC. The molecule has 1 aromatic carbocycles. The number of phenols is 4. The molecule has 8 nitrogen and oxygen atoms in total. The van der Waals surface area contributed by atoms with E-state index in [1.165, 1.54) is 0 Å². The highest BCUT2D eigenvalue weighted by atomic mass is 16.3. The minimum absolute atomic E-state index is 0.00342. The minimum Gasteiger partial charge on any atom is -0.506 e. The molecule has 0 atom stereocenters. The highest BCUT2D eigenvalue weighted by Gasteiger charge is 2.27. The lowest BCUT2D eigenvalue weighted by Crippen LogP contribution is -2.17. The van der Waals surface area contributed by atoms with E-state index in [-0.39, 0.29) is 36.1 Å². The lowest BCUT2D eigenvalue weighted by Gasteiger charge is -2.20. The number of aliphatic hydroxyl groups is 2. The van der Waals surface area contributed by atoms with Crippen LogP contribution in [0.1, 0.15) is 25.0 Å². The molecule has 1 aromatic rings. The van der Waals surface area contributed by atoms with Gasteiger partial charge in [0, 0.05) is 12.1 Å². The van der Waals surface area contributed by atoms with Gasteiger partial charge in [-0.15, -0.1) is 0 Å². The maximum Gasteiger partial charge on any atom is 0.205 e. The molecule has 24 heavy (non-hydrogen) atoms. The van der Waals surface area contributed by atoms with Gasteiger partial charge in [0.25, 0.3) is 0 Å². The van der Waals surface area contributed by atoms with E-state index in [1.54, 1.807) is 13.8 Å². The molecule has 0 amide bonds. The van der Waals surface area contributed by atoms with E-state index in [0.29, 0.717) is 0 Å². The molecule has 0 heterocycles. The maximum absolute atomic E-state index is 10.6. The average Bonchev–Trinajstić information content (AvgIpc) is 2.59. The predicted octanol–water partition coefficient (Wildman–Crippen LogP) is 1.04. The number of allylic oxidation sites excluding steroid dienone is 2. The number of carbonyl (C=O) groups excluding carboxylic acids is 1. The highest BCUT2D eigenvalue weighted by molar-refractivity contribution is 6.26. The Morgan fingerprint density at radius 3 is 2.04 bits per heavy atom. The molecule has 0 aliphatic carbocycles. The Balaban J connectivity index is 3.92. The molecule has 128 valence electrons. The summed E-state index contributed by atoms with van der Waals surface area (Å²) < 4.78 is 0. The van der Waals surface area contributed by atoms with Gasteiger partial charge in [0.2, 0.25) is 11.5 Å². The summed E-state index contributed by atoms with van der Waals surface area (Å²) in [6.45, 7) is 3.46. The largest absolute Gasteiger partial charge is 0.506 e. The van der Waals surface area contributed by atoms with E-state index in [0.717, 1.165) is 0 Å². The molecule has 0 unspecified atom stereocenters. The third-order valence-corrected chi connectivity index (χ3v) is 3.33. The van der Waals surface area contributed by atoms with Gasteiger partial charge in [0.1, 0.15) is 13.6 Å². The van der Waals surface area contributed by atoms with Crippen molar-refractivity contribution < 1.29 is 35.4 Å². The third kappa shape index (κ3) is 3.19. The van der Waals surface area contributed by atoms with Crippen LogP contribution in [0.3, 0.4) is 0 Å². The standard InChI is InChI=1S/C15H18BNO7/c1-3-6-8(12(21)15(24)14(23)11(6)20)10(17-4-2)13(22)9(16)7(19)5-18/h5,17,19-24H,3-4H2,1-2H3. The molecular weight excluding hydrogens is 317 g/mol. The number of rotatable bonds is 6. The Hall–Kier alpha value is -2.97. The first-order valence-corrected chi connectivity index (χ1v) is 7.03. The first kappa shape index (κ1) is 19.1. The van der Waals surface area contributed by atoms with Gasteiger partial charge in [0.15, 0.2) is 23.5 Å². The molecule has 0 aliphatic rings. The van der Waals surface area contributed by atoms with E-state index in [2.05, 4.69) is 5.32 Å². The normalized spacial score (nSPS) is 13.1. The van der Waals surface area contributed by atoms with Crippen molar-refractivity contribution in [3.63, 3.8) is 0 Å². The van der Waals surface area contributed by atoms with Crippen molar-refractivity contribution in [3.05, 3.63) is 28.1 Å². The second kappa shape index (κ2) is 7.54. The van der Waals surface area contributed by atoms with E-state index < -0.39 is 40.0 Å². The Morgan fingerprint density at radius 1 is 1.04 bits per heavy atom. The van der Waals surface area contributed by atoms with Crippen LogP contribution in [0.5, 0.6) is 23.0 Å². The number of aldehydes is 1. The predicted molar refractivity (Wildman–Crippen MR) is 87.2 cm³/mol. The van der Waals surface area contributed by atoms with Crippen LogP contribution in [0.25, 0.3) is 5.70 Å². The van der Waals surface area contributed by atoms with Crippen molar-refractivity contribution in [2.45, 2.75) is 20.3 Å². The maximum atomic E-state index is 10.6. The number of nitrogens with one attached hydrogen (secondary N) is 1. The minimum atomic E-state index is -0.995. The quantitative estimate of drug-likeness (QED) is 0.0775. The Morgan fingerprint density at radius 2 is 1.58 bits per heavy atom. The van der Waals surface area contributed by atoms with Crippen molar-refractivity contribution in [1.29, 1.82) is 0 Å². The molecule has 2 radical (unpaired) electrons. The second-order valence-electron chi connectivity index (χ2n) is 4.77. The zero-order valence-electron chi connectivity index (χ0n) is 13.2. The number of hydrogen-bond donors (Lipinski definition) is 7. The first-order chi connectivity index (χ1) is 11.2. The van der Waals surface area contributed by atoms with Crippen LogP contribution in [0.2, 0.25) is 0 Å².